The van der Waals surface area contributed by atoms with Crippen LogP contribution in [0.1, 0.15) is 5.69 Å². The number of amidine groups is 1. The predicted molar refractivity (Wildman–Crippen MR) is 97.3 cm³/mol. The first-order valence-corrected chi connectivity index (χ1v) is 8.35. The van der Waals surface area contributed by atoms with Crippen LogP contribution in [-0.4, -0.2) is 25.5 Å². The molecule has 0 radical (unpaired) electrons. The molecule has 1 aromatic heterocycles. The lowest BCUT2D eigenvalue weighted by Crippen LogP contribution is -2.29. The molecule has 5 N–H and O–H groups in total. The van der Waals surface area contributed by atoms with Crippen LogP contribution in [0.3, 0.4) is 0 Å². The maximum absolute atomic E-state index is 13.5. The maximum Gasteiger partial charge on any atom is 0.434 e. The topological polar surface area (TPSA) is 162 Å². The highest BCUT2D eigenvalue weighted by Gasteiger charge is 2.34. The van der Waals surface area contributed by atoms with Gasteiger partial charge in [-0.15, -0.1) is 4.94 Å². The highest BCUT2D eigenvalue weighted by atomic mass is 79.9. The van der Waals surface area contributed by atoms with Crippen molar-refractivity contribution in [2.24, 2.45) is 18.5 Å². The van der Waals surface area contributed by atoms with Crippen LogP contribution < -0.4 is 16.5 Å². The number of hydrogen-bond donors (Lipinski definition) is 3. The molecule has 14 heteroatoms. The van der Waals surface area contributed by atoms with Crippen molar-refractivity contribution in [2.45, 2.75) is 6.61 Å². The fraction of sp³-hybridized carbons (Fsp3) is 0.143. The number of benzene rings is 1. The van der Waals surface area contributed by atoms with Gasteiger partial charge in [0.2, 0.25) is 0 Å². The van der Waals surface area contributed by atoms with Crippen molar-refractivity contribution in [1.82, 2.24) is 14.8 Å². The third-order valence-electron chi connectivity index (χ3n) is 3.74. The number of nitrogens with two attached hydrogens (primary N) is 2. The normalized spacial score (nSPS) is 14.1. The minimum Gasteiger partial charge on any atom is -0.390 e. The molecular formula is C14H14BrFN8O4. The number of hydroxylamine groups is 3. The molecule has 0 fully saturated rings. The van der Waals surface area contributed by atoms with Crippen LogP contribution in [0.25, 0.3) is 0 Å². The fourth-order valence-electron chi connectivity index (χ4n) is 2.34. The number of nitro groups is 1. The van der Waals surface area contributed by atoms with Crippen LogP contribution in [0.2, 0.25) is 0 Å². The van der Waals surface area contributed by atoms with Crippen LogP contribution >= 0.6 is 15.9 Å². The van der Waals surface area contributed by atoms with Gasteiger partial charge in [-0.2, -0.15) is 5.06 Å². The Labute approximate surface area is 165 Å². The van der Waals surface area contributed by atoms with Crippen molar-refractivity contribution in [3.8, 4) is 0 Å². The van der Waals surface area contributed by atoms with Gasteiger partial charge < -0.3 is 21.6 Å². The van der Waals surface area contributed by atoms with Gasteiger partial charge in [0.25, 0.3) is 0 Å². The second kappa shape index (κ2) is 7.41. The Morgan fingerprint density at radius 2 is 2.25 bits per heavy atom. The summed E-state index contributed by atoms with van der Waals surface area (Å²) < 4.78 is 14.9. The molecule has 0 bridgehead atoms. The zero-order chi connectivity index (χ0) is 20.6. The summed E-state index contributed by atoms with van der Waals surface area (Å²) in [5, 5.41) is 20.5. The summed E-state index contributed by atoms with van der Waals surface area (Å²) in [6, 6.07) is 3.98. The Kier molecular flexibility index (Phi) is 5.17. The summed E-state index contributed by atoms with van der Waals surface area (Å²) >= 11 is 3.06. The summed E-state index contributed by atoms with van der Waals surface area (Å²) in [4.78, 5) is 24.8. The Morgan fingerprint density at radius 3 is 2.82 bits per heavy atom. The van der Waals surface area contributed by atoms with E-state index in [1.165, 1.54) is 36.0 Å². The number of hydrogen-bond acceptors (Lipinski definition) is 9. The SMILES string of the molecule is Cn1c(CON2ON(c3ccc(F)c(Br)c3)C(C(=N)N)=C2N)cnc1[N+](=O)[O-]. The molecule has 0 saturated heterocycles. The molecule has 28 heavy (non-hydrogen) atoms. The first-order valence-electron chi connectivity index (χ1n) is 7.56. The van der Waals surface area contributed by atoms with Crippen molar-refractivity contribution in [1.29, 1.82) is 5.41 Å². The molecule has 1 aliphatic heterocycles. The summed E-state index contributed by atoms with van der Waals surface area (Å²) in [6.45, 7) is -0.176. The van der Waals surface area contributed by atoms with Gasteiger partial charge in [0.1, 0.15) is 30.2 Å². The second-order valence-corrected chi connectivity index (χ2v) is 6.37. The number of rotatable bonds is 6. The molecule has 0 atom stereocenters. The smallest absolute Gasteiger partial charge is 0.390 e. The Morgan fingerprint density at radius 1 is 1.54 bits per heavy atom. The molecule has 148 valence electrons. The number of nitrogens with one attached hydrogen (secondary N) is 1. The molecule has 12 nitrogen and oxygen atoms in total. The molecule has 0 spiro atoms. The van der Waals surface area contributed by atoms with E-state index in [0.29, 0.717) is 11.4 Å². The van der Waals surface area contributed by atoms with Gasteiger partial charge in [0.05, 0.1) is 17.2 Å². The average Bonchev–Trinajstić information content (AvgIpc) is 3.15. The van der Waals surface area contributed by atoms with Crippen LogP contribution in [0.5, 0.6) is 0 Å². The first-order chi connectivity index (χ1) is 13.2. The molecule has 0 amide bonds. The quantitative estimate of drug-likeness (QED) is 0.252. The third-order valence-corrected chi connectivity index (χ3v) is 4.35. The summed E-state index contributed by atoms with van der Waals surface area (Å²) in [5.74, 6) is -1.40. The molecule has 2 heterocycles. The van der Waals surface area contributed by atoms with Gasteiger partial charge in [0.15, 0.2) is 11.5 Å². The van der Waals surface area contributed by atoms with E-state index in [2.05, 4.69) is 20.9 Å². The number of nitrogens with zero attached hydrogens (tertiary/aromatic N) is 5. The lowest BCUT2D eigenvalue weighted by Gasteiger charge is -2.20. The lowest BCUT2D eigenvalue weighted by atomic mass is 10.3. The number of aromatic nitrogens is 2. The van der Waals surface area contributed by atoms with Crippen molar-refractivity contribution < 1.29 is 19.1 Å². The molecule has 0 unspecified atom stereocenters. The minimum absolute atomic E-state index is 0.0190. The van der Waals surface area contributed by atoms with Crippen molar-refractivity contribution in [2.75, 3.05) is 5.06 Å². The van der Waals surface area contributed by atoms with Crippen LogP contribution in [-0.2, 0) is 23.4 Å². The molecular weight excluding hydrogens is 443 g/mol. The van der Waals surface area contributed by atoms with E-state index >= 15 is 0 Å². The monoisotopic (exact) mass is 456 g/mol. The zero-order valence-electron chi connectivity index (χ0n) is 14.3. The number of halogens is 2. The van der Waals surface area contributed by atoms with E-state index in [4.69, 9.17) is 26.7 Å². The Hall–Kier alpha value is -3.23. The van der Waals surface area contributed by atoms with Crippen LogP contribution in [0, 0.1) is 21.3 Å². The van der Waals surface area contributed by atoms with Crippen molar-refractivity contribution in [3.05, 3.63) is 62.0 Å². The van der Waals surface area contributed by atoms with Crippen LogP contribution in [0.15, 0.2) is 40.4 Å². The van der Waals surface area contributed by atoms with Gasteiger partial charge in [-0.3, -0.25) is 5.41 Å². The van der Waals surface area contributed by atoms with Gasteiger partial charge in [-0.05, 0) is 39.1 Å². The van der Waals surface area contributed by atoms with E-state index in [9.17, 15) is 14.5 Å². The predicted octanol–water partition coefficient (Wildman–Crippen LogP) is 1.39. The van der Waals surface area contributed by atoms with Gasteiger partial charge >= 0.3 is 5.95 Å². The second-order valence-electron chi connectivity index (χ2n) is 5.52. The van der Waals surface area contributed by atoms with E-state index in [1.807, 2.05) is 0 Å². The van der Waals surface area contributed by atoms with Gasteiger partial charge in [-0.25, -0.2) is 13.8 Å². The zero-order valence-corrected chi connectivity index (χ0v) is 15.9. The summed E-state index contributed by atoms with van der Waals surface area (Å²) in [6.07, 6.45) is 1.27. The van der Waals surface area contributed by atoms with Gasteiger partial charge in [-0.1, -0.05) is 10.2 Å². The number of anilines is 1. The van der Waals surface area contributed by atoms with E-state index in [1.54, 1.807) is 0 Å². The fourth-order valence-corrected chi connectivity index (χ4v) is 2.71. The highest BCUT2D eigenvalue weighted by Crippen LogP contribution is 2.32. The molecule has 2 aromatic rings. The van der Waals surface area contributed by atoms with E-state index < -0.39 is 16.6 Å². The Balaban J connectivity index is 1.82. The van der Waals surface area contributed by atoms with Crippen molar-refractivity contribution in [3.63, 3.8) is 0 Å². The van der Waals surface area contributed by atoms with E-state index in [0.717, 1.165) is 10.3 Å². The minimum atomic E-state index is -0.633. The molecule has 3 rings (SSSR count). The van der Waals surface area contributed by atoms with Crippen molar-refractivity contribution >= 4 is 33.4 Å². The van der Waals surface area contributed by atoms with Crippen LogP contribution in [0.4, 0.5) is 16.0 Å². The molecule has 0 saturated carbocycles. The third kappa shape index (κ3) is 3.47. The highest BCUT2D eigenvalue weighted by molar-refractivity contribution is 9.10. The summed E-state index contributed by atoms with van der Waals surface area (Å²) in [5.41, 5.74) is 12.2. The maximum atomic E-state index is 13.5. The van der Waals surface area contributed by atoms with E-state index in [-0.39, 0.29) is 28.5 Å². The average molecular weight is 457 g/mol. The first kappa shape index (κ1) is 19.5. The number of imidazole rings is 1. The molecule has 1 aliphatic rings. The lowest BCUT2D eigenvalue weighted by molar-refractivity contribution is -0.396. The Bertz CT molecular complexity index is 994. The largest absolute Gasteiger partial charge is 0.434 e. The molecule has 0 aliphatic carbocycles. The summed E-state index contributed by atoms with van der Waals surface area (Å²) in [7, 11) is 1.46. The standard InChI is InChI=1S/C14H14BrFN8O4/c1-21-8(5-20-14(21)23(25)26)6-27-24-13(19)11(12(17)18)22(28-24)7-2-3-10(16)9(15)4-7/h2-5H,6,19H2,1H3,(H3,17,18). The molecule has 1 aromatic carbocycles. The van der Waals surface area contributed by atoms with Gasteiger partial charge in [0, 0.05) is 0 Å².